The Balaban J connectivity index is 1.55. The van der Waals surface area contributed by atoms with Crippen LogP contribution in [0.15, 0.2) is 60.7 Å². The summed E-state index contributed by atoms with van der Waals surface area (Å²) in [6, 6.07) is 21.6. The predicted octanol–water partition coefficient (Wildman–Crippen LogP) is 3.41. The number of rotatable bonds is 4. The van der Waals surface area contributed by atoms with Gasteiger partial charge in [0, 0.05) is 23.9 Å². The minimum atomic E-state index is 0.130. The molecule has 0 saturated carbocycles. The quantitative estimate of drug-likeness (QED) is 0.938. The van der Waals surface area contributed by atoms with Gasteiger partial charge in [0.05, 0.1) is 0 Å². The van der Waals surface area contributed by atoms with Crippen LogP contribution < -0.4 is 5.32 Å². The van der Waals surface area contributed by atoms with Crippen LogP contribution in [0.3, 0.4) is 0 Å². The molecule has 2 nitrogen and oxygen atoms in total. The molecule has 2 saturated heterocycles. The van der Waals surface area contributed by atoms with Gasteiger partial charge in [-0.15, -0.1) is 0 Å². The summed E-state index contributed by atoms with van der Waals surface area (Å²) >= 11 is 0. The molecule has 4 rings (SSSR count). The highest BCUT2D eigenvalue weighted by Crippen LogP contribution is 2.36. The number of nitrogens with one attached hydrogen (secondary N) is 1. The van der Waals surface area contributed by atoms with E-state index in [2.05, 4.69) is 53.8 Å². The largest absolute Gasteiger partial charge is 0.310 e. The average Bonchev–Trinajstić information content (AvgIpc) is 3.04. The van der Waals surface area contributed by atoms with E-state index < -0.39 is 0 Å². The fraction of sp³-hybridized carbons (Fsp3) is 0.381. The van der Waals surface area contributed by atoms with Gasteiger partial charge in [0.15, 0.2) is 0 Å². The SMILES string of the molecule is O=C1[C@@H](Cc2ccccc2)[C@H]2CC[C@H](N2)[C@H]1Cc1ccccc1. The normalized spacial score (nSPS) is 29.7. The summed E-state index contributed by atoms with van der Waals surface area (Å²) in [5.74, 6) is 0.735. The molecule has 0 aliphatic carbocycles. The summed E-state index contributed by atoms with van der Waals surface area (Å²) in [5, 5.41) is 3.74. The molecule has 4 atom stereocenters. The third-order valence-electron chi connectivity index (χ3n) is 5.52. The molecule has 2 fully saturated rings. The van der Waals surface area contributed by atoms with Crippen LogP contribution in [-0.2, 0) is 17.6 Å². The Morgan fingerprint density at radius 3 is 1.61 bits per heavy atom. The summed E-state index contributed by atoms with van der Waals surface area (Å²) in [6.07, 6.45) is 4.02. The van der Waals surface area contributed by atoms with Crippen LogP contribution in [0.4, 0.5) is 0 Å². The van der Waals surface area contributed by atoms with Crippen molar-refractivity contribution >= 4 is 5.78 Å². The van der Waals surface area contributed by atoms with Crippen molar-refractivity contribution in [2.45, 2.75) is 37.8 Å². The Labute approximate surface area is 137 Å². The lowest BCUT2D eigenvalue weighted by Crippen LogP contribution is -2.53. The number of piperidine rings is 1. The molecule has 0 spiro atoms. The van der Waals surface area contributed by atoms with E-state index in [0.29, 0.717) is 17.9 Å². The van der Waals surface area contributed by atoms with Gasteiger partial charge in [-0.2, -0.15) is 0 Å². The van der Waals surface area contributed by atoms with Gasteiger partial charge in [0.2, 0.25) is 0 Å². The first-order valence-electron chi connectivity index (χ1n) is 8.69. The number of fused-ring (bicyclic) bond motifs is 2. The number of benzene rings is 2. The van der Waals surface area contributed by atoms with E-state index in [4.69, 9.17) is 0 Å². The first-order valence-corrected chi connectivity index (χ1v) is 8.69. The lowest BCUT2D eigenvalue weighted by molar-refractivity contribution is -0.130. The second-order valence-electron chi connectivity index (χ2n) is 6.95. The second-order valence-corrected chi connectivity index (χ2v) is 6.95. The zero-order chi connectivity index (χ0) is 15.6. The minimum Gasteiger partial charge on any atom is -0.310 e. The lowest BCUT2D eigenvalue weighted by Gasteiger charge is -2.35. The lowest BCUT2D eigenvalue weighted by atomic mass is 9.77. The Kier molecular flexibility index (Phi) is 4.00. The molecular formula is C21H23NO. The van der Waals surface area contributed by atoms with Crippen molar-refractivity contribution in [2.75, 3.05) is 0 Å². The van der Waals surface area contributed by atoms with Gasteiger partial charge in [-0.05, 0) is 36.8 Å². The van der Waals surface area contributed by atoms with Crippen LogP contribution in [0.5, 0.6) is 0 Å². The standard InChI is InChI=1S/C21H23NO/c23-21-17(13-15-7-3-1-4-8-15)19-11-12-20(22-19)18(21)14-16-9-5-2-6-10-16/h1-10,17-20,22H,11-14H2/t17-,18+,19+,20-. The molecule has 0 amide bonds. The number of carbonyl (C=O) groups is 1. The molecule has 0 aromatic heterocycles. The highest BCUT2D eigenvalue weighted by molar-refractivity contribution is 5.86. The monoisotopic (exact) mass is 305 g/mol. The van der Waals surface area contributed by atoms with E-state index in [-0.39, 0.29) is 11.8 Å². The molecule has 2 heteroatoms. The maximum atomic E-state index is 13.2. The molecular weight excluding hydrogens is 282 g/mol. The van der Waals surface area contributed by atoms with E-state index in [1.165, 1.54) is 11.1 Å². The van der Waals surface area contributed by atoms with Crippen LogP contribution >= 0.6 is 0 Å². The fourth-order valence-corrected chi connectivity index (χ4v) is 4.33. The molecule has 2 heterocycles. The van der Waals surface area contributed by atoms with Gasteiger partial charge in [-0.3, -0.25) is 4.79 Å². The fourth-order valence-electron chi connectivity index (χ4n) is 4.33. The first kappa shape index (κ1) is 14.6. The summed E-state index contributed by atoms with van der Waals surface area (Å²) in [5.41, 5.74) is 2.55. The van der Waals surface area contributed by atoms with Crippen molar-refractivity contribution < 1.29 is 4.79 Å². The highest BCUT2D eigenvalue weighted by atomic mass is 16.1. The van der Waals surface area contributed by atoms with E-state index in [9.17, 15) is 4.79 Å². The van der Waals surface area contributed by atoms with Crippen LogP contribution in [0, 0.1) is 11.8 Å². The Morgan fingerprint density at radius 2 is 1.17 bits per heavy atom. The molecule has 118 valence electrons. The molecule has 0 unspecified atom stereocenters. The van der Waals surface area contributed by atoms with Crippen LogP contribution in [-0.4, -0.2) is 17.9 Å². The van der Waals surface area contributed by atoms with Crippen LogP contribution in [0.2, 0.25) is 0 Å². The Bertz CT molecular complexity index is 609. The third kappa shape index (κ3) is 2.96. The molecule has 2 bridgehead atoms. The summed E-state index contributed by atoms with van der Waals surface area (Å²) in [7, 11) is 0. The number of hydrogen-bond acceptors (Lipinski definition) is 2. The van der Waals surface area contributed by atoms with E-state index in [1.54, 1.807) is 0 Å². The van der Waals surface area contributed by atoms with Crippen LogP contribution in [0.25, 0.3) is 0 Å². The van der Waals surface area contributed by atoms with E-state index in [1.807, 2.05) is 12.1 Å². The van der Waals surface area contributed by atoms with Gasteiger partial charge < -0.3 is 5.32 Å². The molecule has 23 heavy (non-hydrogen) atoms. The number of Topliss-reactive ketones (excluding diaryl/α,β-unsaturated/α-hetero) is 1. The van der Waals surface area contributed by atoms with E-state index >= 15 is 0 Å². The molecule has 2 aliphatic rings. The smallest absolute Gasteiger partial charge is 0.142 e. The molecule has 1 N–H and O–H groups in total. The first-order chi connectivity index (χ1) is 11.3. The van der Waals surface area contributed by atoms with Crippen molar-refractivity contribution in [1.82, 2.24) is 5.32 Å². The van der Waals surface area contributed by atoms with E-state index in [0.717, 1.165) is 25.7 Å². The average molecular weight is 305 g/mol. The zero-order valence-corrected chi connectivity index (χ0v) is 13.3. The topological polar surface area (TPSA) is 29.1 Å². The van der Waals surface area contributed by atoms with Crippen molar-refractivity contribution in [1.29, 1.82) is 0 Å². The van der Waals surface area contributed by atoms with Crippen molar-refractivity contribution in [3.63, 3.8) is 0 Å². The van der Waals surface area contributed by atoms with Crippen LogP contribution in [0.1, 0.15) is 24.0 Å². The molecule has 0 radical (unpaired) electrons. The summed E-state index contributed by atoms with van der Waals surface area (Å²) < 4.78 is 0. The number of ketones is 1. The van der Waals surface area contributed by atoms with Gasteiger partial charge in [0.1, 0.15) is 5.78 Å². The molecule has 2 aliphatic heterocycles. The molecule has 2 aromatic carbocycles. The third-order valence-corrected chi connectivity index (χ3v) is 5.52. The zero-order valence-electron chi connectivity index (χ0n) is 13.3. The van der Waals surface area contributed by atoms with Crippen molar-refractivity contribution in [3.8, 4) is 0 Å². The maximum Gasteiger partial charge on any atom is 0.142 e. The van der Waals surface area contributed by atoms with Gasteiger partial charge in [0.25, 0.3) is 0 Å². The summed E-state index contributed by atoms with van der Waals surface area (Å²) in [6.45, 7) is 0. The second kappa shape index (κ2) is 6.29. The van der Waals surface area contributed by atoms with Gasteiger partial charge in [-0.25, -0.2) is 0 Å². The highest BCUT2D eigenvalue weighted by Gasteiger charge is 2.46. The maximum absolute atomic E-state index is 13.2. The van der Waals surface area contributed by atoms with Gasteiger partial charge >= 0.3 is 0 Å². The number of hydrogen-bond donors (Lipinski definition) is 1. The van der Waals surface area contributed by atoms with Crippen molar-refractivity contribution in [2.24, 2.45) is 11.8 Å². The Hall–Kier alpha value is -1.93. The Morgan fingerprint density at radius 1 is 0.739 bits per heavy atom. The molecule has 2 aromatic rings. The number of carbonyl (C=O) groups excluding carboxylic acids is 1. The summed E-state index contributed by atoms with van der Waals surface area (Å²) in [4.78, 5) is 13.2. The predicted molar refractivity (Wildman–Crippen MR) is 92.2 cm³/mol. The van der Waals surface area contributed by atoms with Crippen molar-refractivity contribution in [3.05, 3.63) is 71.8 Å². The minimum absolute atomic E-state index is 0.130. The van der Waals surface area contributed by atoms with Gasteiger partial charge in [-0.1, -0.05) is 60.7 Å².